The average Bonchev–Trinajstić information content (AvgIpc) is 3.50. The minimum Gasteiger partial charge on any atom is -0.493 e. The molecule has 0 unspecified atom stereocenters. The summed E-state index contributed by atoms with van der Waals surface area (Å²) in [7, 11) is 4.87. The molecule has 158 valence electrons. The van der Waals surface area contributed by atoms with E-state index in [4.69, 9.17) is 18.9 Å². The van der Waals surface area contributed by atoms with E-state index in [0.717, 1.165) is 30.0 Å². The van der Waals surface area contributed by atoms with Gasteiger partial charge in [-0.2, -0.15) is 0 Å². The molecular formula is C21H28N2O5S. The van der Waals surface area contributed by atoms with Crippen molar-refractivity contribution in [3.05, 3.63) is 34.3 Å². The van der Waals surface area contributed by atoms with Crippen molar-refractivity contribution in [2.75, 3.05) is 34.5 Å². The predicted octanol–water partition coefficient (Wildman–Crippen LogP) is 3.51. The minimum absolute atomic E-state index is 0.192. The number of hydrogen-bond acceptors (Lipinski definition) is 7. The number of methoxy groups -OCH3 is 3. The maximum Gasteiger partial charge on any atom is 0.226 e. The van der Waals surface area contributed by atoms with Crippen LogP contribution in [0.15, 0.2) is 23.6 Å². The third-order valence-electron chi connectivity index (χ3n) is 4.69. The van der Waals surface area contributed by atoms with E-state index >= 15 is 0 Å². The molecule has 0 atom stereocenters. The highest BCUT2D eigenvalue weighted by Gasteiger charge is 2.33. The first-order valence-electron chi connectivity index (χ1n) is 9.71. The number of carbonyl (C=O) groups excluding carboxylic acids is 1. The monoisotopic (exact) mass is 420 g/mol. The number of nitrogens with zero attached hydrogens (tertiary/aromatic N) is 2. The first-order chi connectivity index (χ1) is 14.2. The van der Waals surface area contributed by atoms with Crippen molar-refractivity contribution in [3.8, 4) is 17.2 Å². The number of ether oxygens (including phenoxy) is 4. The quantitative estimate of drug-likeness (QED) is 0.490. The molecule has 0 bridgehead atoms. The number of thiazole rings is 1. The summed E-state index contributed by atoms with van der Waals surface area (Å²) in [6.07, 6.45) is 2.82. The van der Waals surface area contributed by atoms with Crippen molar-refractivity contribution < 1.29 is 23.7 Å². The van der Waals surface area contributed by atoms with E-state index in [1.165, 1.54) is 11.3 Å². The lowest BCUT2D eigenvalue weighted by Gasteiger charge is -2.21. The second kappa shape index (κ2) is 10.5. The van der Waals surface area contributed by atoms with Gasteiger partial charge in [0.1, 0.15) is 11.6 Å². The minimum atomic E-state index is 0.192. The molecule has 2 aromatic rings. The van der Waals surface area contributed by atoms with Gasteiger partial charge in [0.25, 0.3) is 0 Å². The summed E-state index contributed by atoms with van der Waals surface area (Å²) in [5.41, 5.74) is 0.881. The SMILES string of the molecule is COCCCN(Cc1csc(COc2c(OC)cccc2OC)n1)C(=O)C1CC1. The maximum absolute atomic E-state index is 12.6. The smallest absolute Gasteiger partial charge is 0.226 e. The molecule has 0 aliphatic heterocycles. The van der Waals surface area contributed by atoms with Crippen LogP contribution in [0.3, 0.4) is 0 Å². The van der Waals surface area contributed by atoms with Gasteiger partial charge in [0.15, 0.2) is 11.5 Å². The summed E-state index contributed by atoms with van der Waals surface area (Å²) in [5.74, 6) is 2.20. The average molecular weight is 421 g/mol. The highest BCUT2D eigenvalue weighted by Crippen LogP contribution is 2.37. The fraction of sp³-hybridized carbons (Fsp3) is 0.524. The zero-order valence-electron chi connectivity index (χ0n) is 17.2. The Hall–Kier alpha value is -2.32. The molecular weight excluding hydrogens is 392 g/mol. The van der Waals surface area contributed by atoms with Crippen LogP contribution in [-0.4, -0.2) is 50.3 Å². The van der Waals surface area contributed by atoms with Crippen LogP contribution >= 0.6 is 11.3 Å². The molecule has 0 radical (unpaired) electrons. The maximum atomic E-state index is 12.6. The first kappa shape index (κ1) is 21.4. The lowest BCUT2D eigenvalue weighted by molar-refractivity contribution is -0.133. The van der Waals surface area contributed by atoms with Crippen LogP contribution in [0.25, 0.3) is 0 Å². The zero-order valence-corrected chi connectivity index (χ0v) is 18.0. The summed E-state index contributed by atoms with van der Waals surface area (Å²) in [6, 6.07) is 5.50. The third-order valence-corrected chi connectivity index (χ3v) is 5.56. The predicted molar refractivity (Wildman–Crippen MR) is 111 cm³/mol. The molecule has 1 aromatic heterocycles. The third kappa shape index (κ3) is 5.83. The Balaban J connectivity index is 1.61. The normalized spacial score (nSPS) is 13.2. The highest BCUT2D eigenvalue weighted by atomic mass is 32.1. The Bertz CT molecular complexity index is 784. The Kier molecular flexibility index (Phi) is 7.71. The number of amides is 1. The van der Waals surface area contributed by atoms with Crippen LogP contribution in [0.5, 0.6) is 17.2 Å². The molecule has 1 amide bonds. The van der Waals surface area contributed by atoms with Crippen LogP contribution in [0, 0.1) is 5.92 Å². The summed E-state index contributed by atoms with van der Waals surface area (Å²) >= 11 is 1.52. The fourth-order valence-corrected chi connectivity index (χ4v) is 3.73. The molecule has 1 aromatic carbocycles. The molecule has 3 rings (SSSR count). The van der Waals surface area contributed by atoms with Crippen LogP contribution in [-0.2, 0) is 22.7 Å². The van der Waals surface area contributed by atoms with Crippen LogP contribution in [0.2, 0.25) is 0 Å². The van der Waals surface area contributed by atoms with Crippen molar-refractivity contribution >= 4 is 17.2 Å². The lowest BCUT2D eigenvalue weighted by Crippen LogP contribution is -2.33. The topological polar surface area (TPSA) is 70.1 Å². The number of aromatic nitrogens is 1. The summed E-state index contributed by atoms with van der Waals surface area (Å²) in [5, 5.41) is 2.82. The van der Waals surface area contributed by atoms with Gasteiger partial charge in [-0.15, -0.1) is 11.3 Å². The summed E-state index contributed by atoms with van der Waals surface area (Å²) in [4.78, 5) is 19.1. The Morgan fingerprint density at radius 1 is 1.21 bits per heavy atom. The molecule has 0 N–H and O–H groups in total. The van der Waals surface area contributed by atoms with Gasteiger partial charge in [-0.25, -0.2) is 4.98 Å². The van der Waals surface area contributed by atoms with Crippen LogP contribution < -0.4 is 14.2 Å². The first-order valence-corrected chi connectivity index (χ1v) is 10.6. The van der Waals surface area contributed by atoms with Gasteiger partial charge in [-0.05, 0) is 31.4 Å². The number of carbonyl (C=O) groups is 1. The molecule has 1 heterocycles. The second-order valence-corrected chi connectivity index (χ2v) is 7.84. The second-order valence-electron chi connectivity index (χ2n) is 6.89. The van der Waals surface area contributed by atoms with E-state index in [1.54, 1.807) is 21.3 Å². The Labute approximate surface area is 175 Å². The van der Waals surface area contributed by atoms with Crippen molar-refractivity contribution in [1.29, 1.82) is 0 Å². The Morgan fingerprint density at radius 2 is 1.93 bits per heavy atom. The number of rotatable bonds is 12. The van der Waals surface area contributed by atoms with Gasteiger partial charge in [0, 0.05) is 31.6 Å². The number of hydrogen-bond donors (Lipinski definition) is 0. The molecule has 1 fully saturated rings. The van der Waals surface area contributed by atoms with Gasteiger partial charge < -0.3 is 23.8 Å². The summed E-state index contributed by atoms with van der Waals surface area (Å²) in [6.45, 7) is 2.16. The molecule has 8 heteroatoms. The molecule has 0 spiro atoms. The van der Waals surface area contributed by atoms with E-state index in [2.05, 4.69) is 4.98 Å². The number of benzene rings is 1. The molecule has 1 saturated carbocycles. The Morgan fingerprint density at radius 3 is 2.55 bits per heavy atom. The molecule has 7 nitrogen and oxygen atoms in total. The van der Waals surface area contributed by atoms with E-state index in [0.29, 0.717) is 43.6 Å². The standard InChI is InChI=1S/C21H28N2O5S/c1-25-11-5-10-23(21(24)15-8-9-15)12-16-14-29-19(22-16)13-28-20-17(26-2)6-4-7-18(20)27-3/h4,6-7,14-15H,5,8-13H2,1-3H3. The van der Waals surface area contributed by atoms with E-state index in [1.807, 2.05) is 28.5 Å². The van der Waals surface area contributed by atoms with Gasteiger partial charge in [0.05, 0.1) is 26.5 Å². The molecule has 0 saturated heterocycles. The largest absolute Gasteiger partial charge is 0.493 e. The zero-order chi connectivity index (χ0) is 20.6. The van der Waals surface area contributed by atoms with Gasteiger partial charge >= 0.3 is 0 Å². The van der Waals surface area contributed by atoms with Gasteiger partial charge in [-0.3, -0.25) is 4.79 Å². The van der Waals surface area contributed by atoms with E-state index in [9.17, 15) is 4.79 Å². The van der Waals surface area contributed by atoms with Crippen molar-refractivity contribution in [3.63, 3.8) is 0 Å². The van der Waals surface area contributed by atoms with E-state index in [-0.39, 0.29) is 11.8 Å². The van der Waals surface area contributed by atoms with Crippen molar-refractivity contribution in [2.45, 2.75) is 32.4 Å². The number of para-hydroxylation sites is 1. The van der Waals surface area contributed by atoms with E-state index < -0.39 is 0 Å². The lowest BCUT2D eigenvalue weighted by atomic mass is 10.3. The summed E-state index contributed by atoms with van der Waals surface area (Å²) < 4.78 is 21.8. The van der Waals surface area contributed by atoms with Gasteiger partial charge in [0.2, 0.25) is 11.7 Å². The molecule has 1 aliphatic carbocycles. The fourth-order valence-electron chi connectivity index (χ4n) is 3.03. The van der Waals surface area contributed by atoms with Crippen molar-refractivity contribution in [1.82, 2.24) is 9.88 Å². The molecule has 29 heavy (non-hydrogen) atoms. The van der Waals surface area contributed by atoms with Crippen molar-refractivity contribution in [2.24, 2.45) is 5.92 Å². The van der Waals surface area contributed by atoms with Crippen LogP contribution in [0.4, 0.5) is 0 Å². The molecule has 1 aliphatic rings. The van der Waals surface area contributed by atoms with Crippen LogP contribution in [0.1, 0.15) is 30.0 Å². The highest BCUT2D eigenvalue weighted by molar-refractivity contribution is 7.09. The van der Waals surface area contributed by atoms with Gasteiger partial charge in [-0.1, -0.05) is 6.07 Å².